The van der Waals surface area contributed by atoms with Crippen LogP contribution in [0, 0.1) is 5.92 Å². The molecule has 0 radical (unpaired) electrons. The van der Waals surface area contributed by atoms with Gasteiger partial charge in [-0.25, -0.2) is 0 Å². The van der Waals surface area contributed by atoms with Crippen LogP contribution in [0.1, 0.15) is 23.7 Å². The fourth-order valence-electron chi connectivity index (χ4n) is 1.27. The lowest BCUT2D eigenvalue weighted by Crippen LogP contribution is -2.15. The number of nitrogens with two attached hydrogens (primary N) is 1. The van der Waals surface area contributed by atoms with E-state index in [4.69, 9.17) is 5.73 Å². The van der Waals surface area contributed by atoms with Crippen molar-refractivity contribution in [3.8, 4) is 0 Å². The first-order chi connectivity index (χ1) is 6.25. The van der Waals surface area contributed by atoms with E-state index >= 15 is 0 Å². The minimum absolute atomic E-state index is 0.0346. The Balaban J connectivity index is 2.68. The molecular weight excluding hydrogens is 162 g/mol. The molecule has 1 atom stereocenters. The summed E-state index contributed by atoms with van der Waals surface area (Å²) in [4.78, 5) is 11.7. The first kappa shape index (κ1) is 9.93. The smallest absolute Gasteiger partial charge is 0.165 e. The van der Waals surface area contributed by atoms with Crippen molar-refractivity contribution in [2.24, 2.45) is 11.7 Å². The van der Waals surface area contributed by atoms with Gasteiger partial charge in [0.15, 0.2) is 5.78 Å². The summed E-state index contributed by atoms with van der Waals surface area (Å²) in [5.41, 5.74) is 6.17. The largest absolute Gasteiger partial charge is 0.330 e. The fourth-order valence-corrected chi connectivity index (χ4v) is 1.27. The van der Waals surface area contributed by atoms with E-state index in [0.29, 0.717) is 6.54 Å². The molecule has 0 saturated heterocycles. The predicted octanol–water partition coefficient (Wildman–Crippen LogP) is 1.85. The van der Waals surface area contributed by atoms with Crippen LogP contribution >= 0.6 is 0 Å². The molecule has 0 aromatic heterocycles. The average Bonchev–Trinajstić information content (AvgIpc) is 2.18. The zero-order chi connectivity index (χ0) is 9.68. The van der Waals surface area contributed by atoms with Gasteiger partial charge in [0, 0.05) is 11.5 Å². The van der Waals surface area contributed by atoms with Crippen LogP contribution in [-0.2, 0) is 0 Å². The second-order valence-electron chi connectivity index (χ2n) is 3.21. The van der Waals surface area contributed by atoms with Gasteiger partial charge >= 0.3 is 0 Å². The van der Waals surface area contributed by atoms with Gasteiger partial charge in [-0.2, -0.15) is 0 Å². The van der Waals surface area contributed by atoms with E-state index in [1.54, 1.807) is 0 Å². The number of hydrogen-bond donors (Lipinski definition) is 1. The lowest BCUT2D eigenvalue weighted by Gasteiger charge is -2.07. The van der Waals surface area contributed by atoms with Crippen molar-refractivity contribution in [1.29, 1.82) is 0 Å². The van der Waals surface area contributed by atoms with E-state index in [1.165, 1.54) is 0 Å². The number of ketones is 1. The van der Waals surface area contributed by atoms with Crippen molar-refractivity contribution in [3.05, 3.63) is 35.9 Å². The summed E-state index contributed by atoms with van der Waals surface area (Å²) in [6.07, 6.45) is 0.758. The van der Waals surface area contributed by atoms with Crippen molar-refractivity contribution in [3.63, 3.8) is 0 Å². The highest BCUT2D eigenvalue weighted by molar-refractivity contribution is 5.97. The van der Waals surface area contributed by atoms with E-state index in [2.05, 4.69) is 0 Å². The summed E-state index contributed by atoms with van der Waals surface area (Å²) in [5.74, 6) is 0.221. The van der Waals surface area contributed by atoms with Crippen LogP contribution in [0.2, 0.25) is 0 Å². The second kappa shape index (κ2) is 4.77. The molecule has 2 nitrogen and oxygen atoms in total. The first-order valence-corrected chi connectivity index (χ1v) is 4.55. The van der Waals surface area contributed by atoms with Crippen molar-refractivity contribution in [2.75, 3.05) is 6.54 Å². The third-order valence-electron chi connectivity index (χ3n) is 2.11. The Kier molecular flexibility index (Phi) is 3.65. The van der Waals surface area contributed by atoms with Gasteiger partial charge in [-0.05, 0) is 13.0 Å². The number of hydrogen-bond acceptors (Lipinski definition) is 2. The fraction of sp³-hybridized carbons (Fsp3) is 0.364. The average molecular weight is 177 g/mol. The van der Waals surface area contributed by atoms with E-state index in [1.807, 2.05) is 37.3 Å². The van der Waals surface area contributed by atoms with Crippen molar-refractivity contribution in [2.45, 2.75) is 13.3 Å². The number of Topliss-reactive ketones (excluding diaryl/α,β-unsaturated/α-hetero) is 1. The standard InChI is InChI=1S/C11H15NO/c1-9(7-8-12)11(13)10-5-3-2-4-6-10/h2-6,9H,7-8,12H2,1H3. The third-order valence-corrected chi connectivity index (χ3v) is 2.11. The monoisotopic (exact) mass is 177 g/mol. The van der Waals surface area contributed by atoms with Crippen molar-refractivity contribution in [1.82, 2.24) is 0 Å². The van der Waals surface area contributed by atoms with Gasteiger partial charge in [0.1, 0.15) is 0 Å². The lowest BCUT2D eigenvalue weighted by molar-refractivity contribution is 0.0925. The molecule has 2 N–H and O–H groups in total. The molecule has 0 saturated carbocycles. The Morgan fingerprint density at radius 2 is 2.00 bits per heavy atom. The van der Waals surface area contributed by atoms with Crippen LogP contribution in [0.3, 0.4) is 0 Å². The van der Waals surface area contributed by atoms with Gasteiger partial charge in [-0.15, -0.1) is 0 Å². The maximum atomic E-state index is 11.7. The minimum Gasteiger partial charge on any atom is -0.330 e. The molecule has 1 aromatic rings. The summed E-state index contributed by atoms with van der Waals surface area (Å²) in [5, 5.41) is 0. The highest BCUT2D eigenvalue weighted by atomic mass is 16.1. The molecule has 1 aromatic carbocycles. The molecule has 70 valence electrons. The summed E-state index contributed by atoms with van der Waals surface area (Å²) < 4.78 is 0. The first-order valence-electron chi connectivity index (χ1n) is 4.55. The van der Waals surface area contributed by atoms with Gasteiger partial charge in [0.2, 0.25) is 0 Å². The zero-order valence-corrected chi connectivity index (χ0v) is 7.86. The number of carbonyl (C=O) groups excluding carboxylic acids is 1. The molecule has 0 bridgehead atoms. The minimum atomic E-state index is 0.0346. The van der Waals surface area contributed by atoms with Gasteiger partial charge < -0.3 is 5.73 Å². The molecule has 0 aliphatic rings. The van der Waals surface area contributed by atoms with Crippen LogP contribution in [0.5, 0.6) is 0 Å². The van der Waals surface area contributed by atoms with Gasteiger partial charge in [0.05, 0.1) is 0 Å². The summed E-state index contributed by atoms with van der Waals surface area (Å²) in [6.45, 7) is 2.49. The number of carbonyl (C=O) groups is 1. The van der Waals surface area contributed by atoms with Crippen LogP contribution in [-0.4, -0.2) is 12.3 Å². The van der Waals surface area contributed by atoms with E-state index < -0.39 is 0 Å². The van der Waals surface area contributed by atoms with Gasteiger partial charge in [-0.3, -0.25) is 4.79 Å². The highest BCUT2D eigenvalue weighted by Crippen LogP contribution is 2.10. The molecule has 1 rings (SSSR count). The third kappa shape index (κ3) is 2.67. The Morgan fingerprint density at radius 3 is 2.54 bits per heavy atom. The molecule has 1 unspecified atom stereocenters. The van der Waals surface area contributed by atoms with Crippen LogP contribution < -0.4 is 5.73 Å². The lowest BCUT2D eigenvalue weighted by atomic mass is 9.97. The number of benzene rings is 1. The van der Waals surface area contributed by atoms with Crippen molar-refractivity contribution < 1.29 is 4.79 Å². The van der Waals surface area contributed by atoms with Crippen LogP contribution in [0.15, 0.2) is 30.3 Å². The zero-order valence-electron chi connectivity index (χ0n) is 7.86. The van der Waals surface area contributed by atoms with Gasteiger partial charge in [0.25, 0.3) is 0 Å². The topological polar surface area (TPSA) is 43.1 Å². The molecule has 0 spiro atoms. The quantitative estimate of drug-likeness (QED) is 0.713. The molecular formula is C11H15NO. The second-order valence-corrected chi connectivity index (χ2v) is 3.21. The molecule has 13 heavy (non-hydrogen) atoms. The van der Waals surface area contributed by atoms with E-state index in [-0.39, 0.29) is 11.7 Å². The Hall–Kier alpha value is -1.15. The van der Waals surface area contributed by atoms with E-state index in [0.717, 1.165) is 12.0 Å². The highest BCUT2D eigenvalue weighted by Gasteiger charge is 2.13. The van der Waals surface area contributed by atoms with E-state index in [9.17, 15) is 4.79 Å². The Morgan fingerprint density at radius 1 is 1.38 bits per heavy atom. The molecule has 2 heteroatoms. The number of rotatable bonds is 4. The van der Waals surface area contributed by atoms with Gasteiger partial charge in [-0.1, -0.05) is 37.3 Å². The Labute approximate surface area is 78.8 Å². The molecule has 0 aliphatic heterocycles. The molecule has 0 fully saturated rings. The molecule has 0 aliphatic carbocycles. The summed E-state index contributed by atoms with van der Waals surface area (Å²) >= 11 is 0. The summed E-state index contributed by atoms with van der Waals surface area (Å²) in [6, 6.07) is 9.35. The maximum absolute atomic E-state index is 11.7. The van der Waals surface area contributed by atoms with Crippen LogP contribution in [0.25, 0.3) is 0 Å². The predicted molar refractivity (Wildman–Crippen MR) is 53.6 cm³/mol. The van der Waals surface area contributed by atoms with Crippen molar-refractivity contribution >= 4 is 5.78 Å². The maximum Gasteiger partial charge on any atom is 0.165 e. The SMILES string of the molecule is CC(CCN)C(=O)c1ccccc1. The molecule has 0 heterocycles. The normalized spacial score (nSPS) is 12.5. The Bertz CT molecular complexity index is 269. The molecule has 0 amide bonds. The van der Waals surface area contributed by atoms with Crippen LogP contribution in [0.4, 0.5) is 0 Å². The summed E-state index contributed by atoms with van der Waals surface area (Å²) in [7, 11) is 0.